The number of ether oxygens (including phenoxy) is 1. The molecule has 2 nitrogen and oxygen atoms in total. The van der Waals surface area contributed by atoms with Gasteiger partial charge < -0.3 is 10.1 Å². The summed E-state index contributed by atoms with van der Waals surface area (Å²) in [5, 5.41) is 3.30. The molecule has 1 aliphatic rings. The van der Waals surface area contributed by atoms with Crippen LogP contribution in [0.15, 0.2) is 48.5 Å². The number of hydrogen-bond donors (Lipinski definition) is 1. The van der Waals surface area contributed by atoms with Gasteiger partial charge in [-0.05, 0) is 42.4 Å². The molecule has 2 aromatic carbocycles. The summed E-state index contributed by atoms with van der Waals surface area (Å²) in [6, 6.07) is 14.7. The van der Waals surface area contributed by atoms with Crippen LogP contribution in [0.5, 0.6) is 5.75 Å². The van der Waals surface area contributed by atoms with Gasteiger partial charge in [-0.3, -0.25) is 0 Å². The highest BCUT2D eigenvalue weighted by Crippen LogP contribution is 2.33. The third kappa shape index (κ3) is 2.34. The van der Waals surface area contributed by atoms with E-state index in [1.807, 2.05) is 19.2 Å². The van der Waals surface area contributed by atoms with E-state index in [1.165, 1.54) is 23.3 Å². The predicted octanol–water partition coefficient (Wildman–Crippen LogP) is 3.09. The maximum atomic E-state index is 12.9. The van der Waals surface area contributed by atoms with E-state index in [9.17, 15) is 4.39 Å². The third-order valence-electron chi connectivity index (χ3n) is 3.60. The monoisotopic (exact) mass is 257 g/mol. The van der Waals surface area contributed by atoms with Gasteiger partial charge in [0.05, 0.1) is 6.04 Å². The average Bonchev–Trinajstić information content (AvgIpc) is 2.78. The smallest absolute Gasteiger partial charge is 0.123 e. The van der Waals surface area contributed by atoms with Crippen molar-refractivity contribution < 1.29 is 9.13 Å². The number of benzene rings is 2. The zero-order chi connectivity index (χ0) is 13.2. The van der Waals surface area contributed by atoms with Gasteiger partial charge in [0.25, 0.3) is 0 Å². The lowest BCUT2D eigenvalue weighted by molar-refractivity contribution is 0.171. The highest BCUT2D eigenvalue weighted by molar-refractivity contribution is 5.37. The largest absolute Gasteiger partial charge is 0.488 e. The third-order valence-corrected chi connectivity index (χ3v) is 3.60. The van der Waals surface area contributed by atoms with E-state index in [2.05, 4.69) is 17.4 Å². The van der Waals surface area contributed by atoms with Crippen molar-refractivity contribution in [3.63, 3.8) is 0 Å². The molecule has 0 aromatic heterocycles. The second-order valence-corrected chi connectivity index (χ2v) is 4.78. The van der Waals surface area contributed by atoms with Gasteiger partial charge in [0.2, 0.25) is 0 Å². The number of hydrogen-bond acceptors (Lipinski definition) is 2. The number of fused-ring (bicyclic) bond motifs is 1. The van der Waals surface area contributed by atoms with Crippen LogP contribution in [-0.4, -0.2) is 13.2 Å². The second kappa shape index (κ2) is 5.02. The zero-order valence-electron chi connectivity index (χ0n) is 10.8. The molecule has 0 spiro atoms. The van der Waals surface area contributed by atoms with E-state index in [1.54, 1.807) is 12.1 Å². The first kappa shape index (κ1) is 12.2. The van der Waals surface area contributed by atoms with Gasteiger partial charge >= 0.3 is 0 Å². The number of halogens is 1. The minimum absolute atomic E-state index is 0.0489. The van der Waals surface area contributed by atoms with Gasteiger partial charge in [-0.1, -0.05) is 24.3 Å². The SMILES string of the molecule is CNC1c2ccccc2CC1Oc1ccc(F)cc1. The zero-order valence-corrected chi connectivity index (χ0v) is 10.8. The Morgan fingerprint density at radius 2 is 1.84 bits per heavy atom. The first-order valence-corrected chi connectivity index (χ1v) is 6.45. The fourth-order valence-electron chi connectivity index (χ4n) is 2.70. The molecule has 3 heteroatoms. The summed E-state index contributed by atoms with van der Waals surface area (Å²) in [4.78, 5) is 0. The van der Waals surface area contributed by atoms with Crippen LogP contribution in [0.25, 0.3) is 0 Å². The minimum atomic E-state index is -0.243. The summed E-state index contributed by atoms with van der Waals surface area (Å²) in [6.07, 6.45) is 0.923. The second-order valence-electron chi connectivity index (χ2n) is 4.78. The predicted molar refractivity (Wildman–Crippen MR) is 72.8 cm³/mol. The van der Waals surface area contributed by atoms with E-state index < -0.39 is 0 Å². The van der Waals surface area contributed by atoms with Crippen LogP contribution in [-0.2, 0) is 6.42 Å². The molecule has 0 heterocycles. The highest BCUT2D eigenvalue weighted by atomic mass is 19.1. The molecule has 2 aromatic rings. The fraction of sp³-hybridized carbons (Fsp3) is 0.250. The maximum absolute atomic E-state index is 12.9. The van der Waals surface area contributed by atoms with Crippen LogP contribution in [0, 0.1) is 5.82 Å². The molecule has 2 unspecified atom stereocenters. The van der Waals surface area contributed by atoms with Gasteiger partial charge in [-0.2, -0.15) is 0 Å². The Hall–Kier alpha value is -1.87. The first-order valence-electron chi connectivity index (χ1n) is 6.45. The lowest BCUT2D eigenvalue weighted by Gasteiger charge is -2.21. The lowest BCUT2D eigenvalue weighted by atomic mass is 10.1. The molecule has 3 rings (SSSR count). The molecule has 0 amide bonds. The highest BCUT2D eigenvalue weighted by Gasteiger charge is 2.32. The lowest BCUT2D eigenvalue weighted by Crippen LogP contribution is -2.30. The summed E-state index contributed by atoms with van der Waals surface area (Å²) >= 11 is 0. The van der Waals surface area contributed by atoms with Crippen molar-refractivity contribution in [2.75, 3.05) is 7.05 Å². The summed E-state index contributed by atoms with van der Waals surface area (Å²) in [7, 11) is 1.94. The maximum Gasteiger partial charge on any atom is 0.123 e. The summed E-state index contributed by atoms with van der Waals surface area (Å²) in [5.74, 6) is 0.465. The molecular formula is C16H16FNO. The molecule has 0 radical (unpaired) electrons. The van der Waals surface area contributed by atoms with Crippen LogP contribution >= 0.6 is 0 Å². The van der Waals surface area contributed by atoms with Crippen molar-refractivity contribution in [3.05, 3.63) is 65.5 Å². The van der Waals surface area contributed by atoms with E-state index in [-0.39, 0.29) is 18.0 Å². The Bertz CT molecular complexity index is 567. The van der Waals surface area contributed by atoms with Crippen molar-refractivity contribution in [2.24, 2.45) is 0 Å². The molecule has 98 valence electrons. The van der Waals surface area contributed by atoms with Gasteiger partial charge in [-0.15, -0.1) is 0 Å². The van der Waals surface area contributed by atoms with Crippen molar-refractivity contribution in [1.82, 2.24) is 5.32 Å². The molecule has 19 heavy (non-hydrogen) atoms. The van der Waals surface area contributed by atoms with Crippen LogP contribution in [0.4, 0.5) is 4.39 Å². The molecular weight excluding hydrogens is 241 g/mol. The van der Waals surface area contributed by atoms with Crippen molar-refractivity contribution >= 4 is 0 Å². The van der Waals surface area contributed by atoms with Crippen molar-refractivity contribution in [3.8, 4) is 5.75 Å². The van der Waals surface area contributed by atoms with Crippen LogP contribution in [0.3, 0.4) is 0 Å². The van der Waals surface area contributed by atoms with Gasteiger partial charge in [0.15, 0.2) is 0 Å². The van der Waals surface area contributed by atoms with Gasteiger partial charge in [0.1, 0.15) is 17.7 Å². The molecule has 0 aliphatic heterocycles. The van der Waals surface area contributed by atoms with Gasteiger partial charge in [-0.25, -0.2) is 4.39 Å². The number of nitrogens with one attached hydrogen (secondary N) is 1. The summed E-state index contributed by atoms with van der Waals surface area (Å²) < 4.78 is 18.9. The summed E-state index contributed by atoms with van der Waals surface area (Å²) in [6.45, 7) is 0. The average molecular weight is 257 g/mol. The standard InChI is InChI=1S/C16H16FNO/c1-18-16-14-5-3-2-4-11(14)10-15(16)19-13-8-6-12(17)7-9-13/h2-9,15-16,18H,10H2,1H3. The fourth-order valence-corrected chi connectivity index (χ4v) is 2.70. The van der Waals surface area contributed by atoms with E-state index in [0.29, 0.717) is 5.75 Å². The van der Waals surface area contributed by atoms with Gasteiger partial charge in [0, 0.05) is 6.42 Å². The minimum Gasteiger partial charge on any atom is -0.488 e. The molecule has 0 fully saturated rings. The molecule has 0 saturated carbocycles. The Balaban J connectivity index is 1.81. The molecule has 1 aliphatic carbocycles. The first-order chi connectivity index (χ1) is 9.28. The summed E-state index contributed by atoms with van der Waals surface area (Å²) in [5.41, 5.74) is 2.60. The van der Waals surface area contributed by atoms with Crippen LogP contribution in [0.1, 0.15) is 17.2 Å². The number of likely N-dealkylation sites (N-methyl/N-ethyl adjacent to an activating group) is 1. The topological polar surface area (TPSA) is 21.3 Å². The van der Waals surface area contributed by atoms with Crippen LogP contribution < -0.4 is 10.1 Å². The Kier molecular flexibility index (Phi) is 3.22. The molecule has 0 bridgehead atoms. The van der Waals surface area contributed by atoms with E-state index >= 15 is 0 Å². The molecule has 0 saturated heterocycles. The Morgan fingerprint density at radius 3 is 2.58 bits per heavy atom. The van der Waals surface area contributed by atoms with Crippen molar-refractivity contribution in [2.45, 2.75) is 18.6 Å². The Labute approximate surface area is 112 Å². The van der Waals surface area contributed by atoms with E-state index in [4.69, 9.17) is 4.74 Å². The number of rotatable bonds is 3. The normalized spacial score (nSPS) is 21.2. The van der Waals surface area contributed by atoms with Crippen LogP contribution in [0.2, 0.25) is 0 Å². The Morgan fingerprint density at radius 1 is 1.11 bits per heavy atom. The quantitative estimate of drug-likeness (QED) is 0.912. The molecule has 2 atom stereocenters. The molecule has 1 N–H and O–H groups in total. The van der Waals surface area contributed by atoms with E-state index in [0.717, 1.165) is 6.42 Å². The van der Waals surface area contributed by atoms with Crippen molar-refractivity contribution in [1.29, 1.82) is 0 Å².